The summed E-state index contributed by atoms with van der Waals surface area (Å²) in [5, 5.41) is 39.1. The number of nitro benzene ring substituents is 2. The van der Waals surface area contributed by atoms with Crippen molar-refractivity contribution in [3.63, 3.8) is 0 Å². The molecule has 0 saturated carbocycles. The highest BCUT2D eigenvalue weighted by atomic mass is 16.7. The van der Waals surface area contributed by atoms with E-state index in [4.69, 9.17) is 0 Å². The molecule has 0 aliphatic heterocycles. The molecule has 0 fully saturated rings. The van der Waals surface area contributed by atoms with Gasteiger partial charge in [-0.3, -0.25) is 20.2 Å². The Morgan fingerprint density at radius 2 is 1.23 bits per heavy atom. The monoisotopic (exact) mass is 366 g/mol. The number of para-hydroxylation sites is 1. The summed E-state index contributed by atoms with van der Waals surface area (Å²) in [6, 6.07) is 12.1. The van der Waals surface area contributed by atoms with Crippen LogP contribution in [0, 0.1) is 40.5 Å². The Kier molecular flexibility index (Phi) is 6.86. The molecule has 0 unspecified atom stereocenters. The van der Waals surface area contributed by atoms with Gasteiger partial charge in [0.05, 0.1) is 21.0 Å². The van der Waals surface area contributed by atoms with Crippen LogP contribution in [0.25, 0.3) is 0 Å². The lowest BCUT2D eigenvalue weighted by Gasteiger charge is -2.08. The molecule has 26 heavy (non-hydrogen) atoms. The summed E-state index contributed by atoms with van der Waals surface area (Å²) < 4.78 is 0. The molecular weight excluding hydrogens is 356 g/mol. The predicted octanol–water partition coefficient (Wildman–Crippen LogP) is 1.88. The minimum absolute atomic E-state index is 0.0780. The smallest absolute Gasteiger partial charge is 0.258 e. The van der Waals surface area contributed by atoms with E-state index in [1.807, 2.05) is 0 Å². The van der Waals surface area contributed by atoms with Gasteiger partial charge in [-0.25, -0.2) is 20.2 Å². The number of hydrazine groups is 3. The quantitative estimate of drug-likeness (QED) is 0.583. The van der Waals surface area contributed by atoms with Gasteiger partial charge in [0.15, 0.2) is 10.1 Å². The van der Waals surface area contributed by atoms with Gasteiger partial charge in [0.1, 0.15) is 5.69 Å². The number of anilines is 1. The molecule has 2 rings (SSSR count). The van der Waals surface area contributed by atoms with Gasteiger partial charge in [-0.1, -0.05) is 18.2 Å². The second kappa shape index (κ2) is 9.06. The van der Waals surface area contributed by atoms with E-state index in [2.05, 4.69) is 0 Å². The number of nitro groups is 4. The summed E-state index contributed by atoms with van der Waals surface area (Å²) in [7, 11) is 0. The average molecular weight is 366 g/mol. The molecule has 0 radical (unpaired) electrons. The minimum atomic E-state index is -1.00. The molecule has 2 aromatic rings. The highest BCUT2D eigenvalue weighted by Gasteiger charge is 2.21. The molecule has 0 saturated heterocycles. The number of benzene rings is 2. The van der Waals surface area contributed by atoms with E-state index in [0.29, 0.717) is 0 Å². The number of rotatable bonds is 6. The summed E-state index contributed by atoms with van der Waals surface area (Å²) in [5.74, 6) is 0. The molecule has 0 amide bonds. The zero-order valence-corrected chi connectivity index (χ0v) is 12.7. The van der Waals surface area contributed by atoms with Gasteiger partial charge in [-0.2, -0.15) is 0 Å². The highest BCUT2D eigenvalue weighted by molar-refractivity contribution is 5.42. The number of hydrogen-bond donors (Lipinski definition) is 1. The van der Waals surface area contributed by atoms with Gasteiger partial charge in [0.2, 0.25) is 0 Å². The average Bonchev–Trinajstić information content (AvgIpc) is 2.60. The Labute approximate surface area is 143 Å². The van der Waals surface area contributed by atoms with Crippen molar-refractivity contribution < 1.29 is 19.9 Å². The second-order valence-electron chi connectivity index (χ2n) is 4.28. The van der Waals surface area contributed by atoms with Crippen molar-refractivity contribution in [3.8, 4) is 0 Å². The van der Waals surface area contributed by atoms with Gasteiger partial charge >= 0.3 is 0 Å². The Balaban J connectivity index is 0.000000263. The van der Waals surface area contributed by atoms with Crippen LogP contribution in [-0.4, -0.2) is 19.9 Å². The fraction of sp³-hybridized carbons (Fsp3) is 0. The largest absolute Gasteiger partial charge is 0.276 e. The van der Waals surface area contributed by atoms with Gasteiger partial charge in [-0.15, -0.1) is 0 Å². The molecule has 0 aromatic heterocycles. The second-order valence-corrected chi connectivity index (χ2v) is 4.28. The van der Waals surface area contributed by atoms with Gasteiger partial charge in [0, 0.05) is 17.7 Å². The fourth-order valence-corrected chi connectivity index (χ4v) is 1.56. The first-order valence-corrected chi connectivity index (χ1v) is 6.51. The van der Waals surface area contributed by atoms with Crippen LogP contribution in [0.1, 0.15) is 0 Å². The van der Waals surface area contributed by atoms with Crippen LogP contribution >= 0.6 is 0 Å². The highest BCUT2D eigenvalue weighted by Crippen LogP contribution is 2.18. The lowest BCUT2D eigenvalue weighted by molar-refractivity contribution is -0.620. The summed E-state index contributed by atoms with van der Waals surface area (Å²) in [4.78, 5) is 39.4. The predicted molar refractivity (Wildman–Crippen MR) is 85.8 cm³/mol. The van der Waals surface area contributed by atoms with Crippen molar-refractivity contribution in [2.24, 2.45) is 0 Å². The Morgan fingerprint density at radius 3 is 1.62 bits per heavy atom. The van der Waals surface area contributed by atoms with E-state index < -0.39 is 19.9 Å². The third-order valence-corrected chi connectivity index (χ3v) is 2.59. The molecule has 0 spiro atoms. The lowest BCUT2D eigenvalue weighted by Crippen LogP contribution is -2.45. The Morgan fingerprint density at radius 1 is 0.731 bits per heavy atom. The van der Waals surface area contributed by atoms with E-state index >= 15 is 0 Å². The molecule has 0 atom stereocenters. The van der Waals surface area contributed by atoms with Crippen molar-refractivity contribution in [2.45, 2.75) is 0 Å². The van der Waals surface area contributed by atoms with Gasteiger partial charge in [-0.05, 0) is 18.2 Å². The van der Waals surface area contributed by atoms with Crippen LogP contribution < -0.4 is 10.7 Å². The fourth-order valence-electron chi connectivity index (χ4n) is 1.56. The normalized spacial score (nSPS) is 9.23. The van der Waals surface area contributed by atoms with E-state index in [1.54, 1.807) is 6.07 Å². The van der Waals surface area contributed by atoms with Crippen molar-refractivity contribution in [1.29, 1.82) is 0 Å². The molecule has 0 bridgehead atoms. The molecule has 0 heterocycles. The first kappa shape index (κ1) is 19.7. The third kappa shape index (κ3) is 6.03. The number of nitrogens with zero attached hydrogens (tertiary/aromatic N) is 5. The first-order chi connectivity index (χ1) is 12.2. The van der Waals surface area contributed by atoms with E-state index in [-0.39, 0.29) is 22.2 Å². The molecule has 1 N–H and O–H groups in total. The van der Waals surface area contributed by atoms with Crippen LogP contribution in [0.15, 0.2) is 54.6 Å². The molecule has 0 aliphatic carbocycles. The molecule has 14 nitrogen and oxygen atoms in total. The lowest BCUT2D eigenvalue weighted by atomic mass is 10.3. The van der Waals surface area contributed by atoms with Crippen molar-refractivity contribution in [3.05, 3.63) is 95.1 Å². The van der Waals surface area contributed by atoms with Gasteiger partial charge in [0.25, 0.3) is 11.4 Å². The summed E-state index contributed by atoms with van der Waals surface area (Å²) in [6.45, 7) is 0. The number of hydrogen-bond acceptors (Lipinski definition) is 8. The molecule has 0 aliphatic rings. The summed E-state index contributed by atoms with van der Waals surface area (Å²) >= 11 is 0. The topological polar surface area (TPSA) is 188 Å². The molecule has 136 valence electrons. The van der Waals surface area contributed by atoms with E-state index in [0.717, 1.165) is 6.07 Å². The van der Waals surface area contributed by atoms with Crippen LogP contribution in [-0.2, 0) is 0 Å². The number of nitrogens with one attached hydrogen (secondary N) is 1. The zero-order valence-electron chi connectivity index (χ0n) is 12.7. The Bertz CT molecular complexity index is 785. The van der Waals surface area contributed by atoms with Crippen LogP contribution in [0.4, 0.5) is 17.1 Å². The summed E-state index contributed by atoms with van der Waals surface area (Å²) in [5.41, 5.74) is 0.982. The van der Waals surface area contributed by atoms with Crippen LogP contribution in [0.3, 0.4) is 0 Å². The van der Waals surface area contributed by atoms with E-state index in [1.165, 1.54) is 48.0 Å². The third-order valence-electron chi connectivity index (χ3n) is 2.59. The number of non-ortho nitro benzene ring substituents is 2. The maximum absolute atomic E-state index is 10.4. The Hall–Kier alpha value is -4.36. The first-order valence-electron chi connectivity index (χ1n) is 6.51. The molecular formula is C12H10N6O8. The standard InChI is InChI=1S/C6H6N4O4.C6H4N2O4/c11-9(12)7-8(10(13)14)6-4-2-1-3-5-6;9-7(10)5-2-1-3-6(4-5)8(11)12/h1-5,7H;1-4H. The van der Waals surface area contributed by atoms with Crippen molar-refractivity contribution >= 4 is 17.1 Å². The summed E-state index contributed by atoms with van der Waals surface area (Å²) in [6.07, 6.45) is 0. The zero-order chi connectivity index (χ0) is 19.7. The van der Waals surface area contributed by atoms with Crippen molar-refractivity contribution in [1.82, 2.24) is 5.53 Å². The SMILES string of the molecule is O=[N+]([O-])NN(c1ccccc1)[N+](=O)[O-].O=[N+]([O-])c1cccc([N+](=O)[O-])c1. The molecule has 14 heteroatoms. The van der Waals surface area contributed by atoms with Crippen molar-refractivity contribution in [2.75, 3.05) is 5.12 Å². The maximum Gasteiger partial charge on any atom is 0.276 e. The van der Waals surface area contributed by atoms with Gasteiger partial charge < -0.3 is 0 Å². The minimum Gasteiger partial charge on any atom is -0.258 e. The van der Waals surface area contributed by atoms with E-state index in [9.17, 15) is 40.5 Å². The maximum atomic E-state index is 10.4. The van der Waals surface area contributed by atoms with Crippen LogP contribution in [0.2, 0.25) is 0 Å². The molecule has 2 aromatic carbocycles. The van der Waals surface area contributed by atoms with Crippen LogP contribution in [0.5, 0.6) is 0 Å².